The summed E-state index contributed by atoms with van der Waals surface area (Å²) in [5.74, 6) is 0. The van der Waals surface area contributed by atoms with Gasteiger partial charge in [-0.2, -0.15) is 0 Å². The third-order valence-electron chi connectivity index (χ3n) is 1.67. The average molecular weight is 193 g/mol. The Morgan fingerprint density at radius 2 is 2.14 bits per heavy atom. The first-order valence-electron chi connectivity index (χ1n) is 4.36. The van der Waals surface area contributed by atoms with E-state index in [4.69, 9.17) is 14.9 Å². The Labute approximate surface area is 83.0 Å². The third kappa shape index (κ3) is 2.87. The zero-order valence-electron chi connectivity index (χ0n) is 7.92. The molecule has 0 aliphatic rings. The Balaban J connectivity index is 2.84. The number of oxime groups is 1. The van der Waals surface area contributed by atoms with Crippen LogP contribution in [0.25, 0.3) is 0 Å². The van der Waals surface area contributed by atoms with Crippen molar-refractivity contribution in [3.8, 4) is 0 Å². The molecule has 0 saturated carbocycles. The van der Waals surface area contributed by atoms with E-state index in [9.17, 15) is 0 Å². The lowest BCUT2D eigenvalue weighted by atomic mass is 9.77. The van der Waals surface area contributed by atoms with E-state index in [1.807, 2.05) is 6.92 Å². The van der Waals surface area contributed by atoms with Crippen LogP contribution < -0.4 is 5.46 Å². The van der Waals surface area contributed by atoms with Gasteiger partial charge in [-0.15, -0.1) is 0 Å². The van der Waals surface area contributed by atoms with Gasteiger partial charge in [-0.1, -0.05) is 29.4 Å². The number of benzene rings is 1. The molecular formula is C9H12BNO3. The lowest BCUT2D eigenvalue weighted by Crippen LogP contribution is -2.32. The number of hydrogen-bond acceptors (Lipinski definition) is 4. The van der Waals surface area contributed by atoms with Gasteiger partial charge in [0.2, 0.25) is 0 Å². The molecule has 0 fully saturated rings. The summed E-state index contributed by atoms with van der Waals surface area (Å²) in [5.41, 5.74) is 1.05. The summed E-state index contributed by atoms with van der Waals surface area (Å²) in [6.07, 6.45) is 1.46. The van der Waals surface area contributed by atoms with Crippen LogP contribution in [0.5, 0.6) is 0 Å². The molecule has 1 rings (SSSR count). The molecule has 0 aliphatic carbocycles. The van der Waals surface area contributed by atoms with Gasteiger partial charge in [0, 0.05) is 0 Å². The summed E-state index contributed by atoms with van der Waals surface area (Å²) < 4.78 is 0. The zero-order valence-corrected chi connectivity index (χ0v) is 7.92. The lowest BCUT2D eigenvalue weighted by molar-refractivity contribution is 0.160. The topological polar surface area (TPSA) is 62.0 Å². The SMILES string of the molecule is CCO/N=C/c1ccccc1B(O)O. The quantitative estimate of drug-likeness (QED) is 0.393. The molecule has 0 heterocycles. The van der Waals surface area contributed by atoms with Crippen LogP contribution in [-0.2, 0) is 4.84 Å². The van der Waals surface area contributed by atoms with Crippen molar-refractivity contribution >= 4 is 18.8 Å². The zero-order chi connectivity index (χ0) is 10.4. The first kappa shape index (κ1) is 10.8. The second kappa shape index (κ2) is 5.41. The molecule has 1 aromatic carbocycles. The molecule has 0 aromatic heterocycles. The Hall–Kier alpha value is -1.33. The van der Waals surface area contributed by atoms with Crippen molar-refractivity contribution in [1.29, 1.82) is 0 Å². The maximum Gasteiger partial charge on any atom is 0.489 e. The van der Waals surface area contributed by atoms with E-state index >= 15 is 0 Å². The third-order valence-corrected chi connectivity index (χ3v) is 1.67. The second-order valence-corrected chi connectivity index (χ2v) is 2.65. The van der Waals surface area contributed by atoms with Gasteiger partial charge < -0.3 is 14.9 Å². The predicted octanol–water partition coefficient (Wildman–Crippen LogP) is -0.263. The monoisotopic (exact) mass is 193 g/mol. The van der Waals surface area contributed by atoms with E-state index in [1.165, 1.54) is 6.21 Å². The van der Waals surface area contributed by atoms with E-state index in [0.717, 1.165) is 0 Å². The van der Waals surface area contributed by atoms with Gasteiger partial charge in [-0.3, -0.25) is 0 Å². The summed E-state index contributed by atoms with van der Waals surface area (Å²) in [6.45, 7) is 2.31. The fourth-order valence-corrected chi connectivity index (χ4v) is 1.03. The molecule has 0 radical (unpaired) electrons. The molecule has 0 amide bonds. The minimum Gasteiger partial charge on any atom is -0.423 e. The maximum absolute atomic E-state index is 9.01. The highest BCUT2D eigenvalue weighted by atomic mass is 16.6. The highest BCUT2D eigenvalue weighted by molar-refractivity contribution is 6.60. The van der Waals surface area contributed by atoms with Gasteiger partial charge in [0.25, 0.3) is 0 Å². The molecule has 74 valence electrons. The second-order valence-electron chi connectivity index (χ2n) is 2.65. The molecule has 0 unspecified atom stereocenters. The predicted molar refractivity (Wildman–Crippen MR) is 55.5 cm³/mol. The van der Waals surface area contributed by atoms with E-state index in [2.05, 4.69) is 5.16 Å². The van der Waals surface area contributed by atoms with E-state index < -0.39 is 7.12 Å². The molecule has 4 nitrogen and oxygen atoms in total. The highest BCUT2D eigenvalue weighted by Crippen LogP contribution is 1.93. The van der Waals surface area contributed by atoms with Gasteiger partial charge in [-0.05, 0) is 17.9 Å². The van der Waals surface area contributed by atoms with Crippen molar-refractivity contribution in [2.24, 2.45) is 5.16 Å². The van der Waals surface area contributed by atoms with Gasteiger partial charge in [0.15, 0.2) is 0 Å². The summed E-state index contributed by atoms with van der Waals surface area (Å²) in [6, 6.07) is 6.88. The van der Waals surface area contributed by atoms with Gasteiger partial charge >= 0.3 is 7.12 Å². The minimum absolute atomic E-state index is 0.413. The Morgan fingerprint density at radius 1 is 1.43 bits per heavy atom. The van der Waals surface area contributed by atoms with Crippen molar-refractivity contribution in [2.45, 2.75) is 6.92 Å². The summed E-state index contributed by atoms with van der Waals surface area (Å²) in [4.78, 5) is 4.78. The van der Waals surface area contributed by atoms with Crippen LogP contribution in [0.2, 0.25) is 0 Å². The van der Waals surface area contributed by atoms with Crippen molar-refractivity contribution < 1.29 is 14.9 Å². The molecule has 0 aliphatic heterocycles. The molecule has 5 heteroatoms. The van der Waals surface area contributed by atoms with Crippen LogP contribution in [0.15, 0.2) is 29.4 Å². The fraction of sp³-hybridized carbons (Fsp3) is 0.222. The van der Waals surface area contributed by atoms with E-state index in [1.54, 1.807) is 24.3 Å². The average Bonchev–Trinajstić information content (AvgIpc) is 2.19. The maximum atomic E-state index is 9.01. The molecule has 2 N–H and O–H groups in total. The summed E-state index contributed by atoms with van der Waals surface area (Å²) in [7, 11) is -1.49. The molecular weight excluding hydrogens is 181 g/mol. The smallest absolute Gasteiger partial charge is 0.423 e. The van der Waals surface area contributed by atoms with Crippen molar-refractivity contribution in [3.05, 3.63) is 29.8 Å². The molecule has 1 aromatic rings. The number of nitrogens with zero attached hydrogens (tertiary/aromatic N) is 1. The van der Waals surface area contributed by atoms with E-state index in [-0.39, 0.29) is 0 Å². The molecule has 14 heavy (non-hydrogen) atoms. The number of hydrogen-bond donors (Lipinski definition) is 2. The standard InChI is InChI=1S/C9H12BNO3/c1-2-14-11-7-8-5-3-4-6-9(8)10(12)13/h3-7,12-13H,2H2,1H3/b11-7+. The van der Waals surface area contributed by atoms with Crippen LogP contribution in [-0.4, -0.2) is 30.0 Å². The van der Waals surface area contributed by atoms with Crippen molar-refractivity contribution in [2.75, 3.05) is 6.61 Å². The Morgan fingerprint density at radius 3 is 2.79 bits per heavy atom. The first-order chi connectivity index (χ1) is 6.75. The fourth-order valence-electron chi connectivity index (χ4n) is 1.03. The molecule has 0 bridgehead atoms. The van der Waals surface area contributed by atoms with Gasteiger partial charge in [-0.25, -0.2) is 0 Å². The lowest BCUT2D eigenvalue weighted by Gasteiger charge is -2.02. The summed E-state index contributed by atoms with van der Waals surface area (Å²) in [5, 5.41) is 21.7. The Bertz CT molecular complexity index is 315. The normalized spacial score (nSPS) is 10.5. The van der Waals surface area contributed by atoms with Crippen LogP contribution in [0.4, 0.5) is 0 Å². The number of rotatable bonds is 4. The molecule has 0 saturated heterocycles. The first-order valence-corrected chi connectivity index (χ1v) is 4.36. The van der Waals surface area contributed by atoms with Crippen molar-refractivity contribution in [1.82, 2.24) is 0 Å². The van der Waals surface area contributed by atoms with Crippen LogP contribution >= 0.6 is 0 Å². The van der Waals surface area contributed by atoms with E-state index in [0.29, 0.717) is 17.6 Å². The molecule has 0 atom stereocenters. The van der Waals surface area contributed by atoms with Crippen LogP contribution in [0.1, 0.15) is 12.5 Å². The van der Waals surface area contributed by atoms with Crippen LogP contribution in [0, 0.1) is 0 Å². The summed E-state index contributed by atoms with van der Waals surface area (Å²) >= 11 is 0. The highest BCUT2D eigenvalue weighted by Gasteiger charge is 2.13. The Kier molecular flexibility index (Phi) is 4.16. The van der Waals surface area contributed by atoms with Gasteiger partial charge in [0.1, 0.15) is 6.61 Å². The molecule has 0 spiro atoms. The largest absolute Gasteiger partial charge is 0.489 e. The van der Waals surface area contributed by atoms with Crippen LogP contribution in [0.3, 0.4) is 0 Å². The van der Waals surface area contributed by atoms with Crippen molar-refractivity contribution in [3.63, 3.8) is 0 Å². The minimum atomic E-state index is -1.49. The van der Waals surface area contributed by atoms with Gasteiger partial charge in [0.05, 0.1) is 6.21 Å².